The van der Waals surface area contributed by atoms with Gasteiger partial charge in [0, 0.05) is 16.2 Å². The van der Waals surface area contributed by atoms with Crippen LogP contribution in [0.4, 0.5) is 0 Å². The van der Waals surface area contributed by atoms with Gasteiger partial charge in [-0.3, -0.25) is 0 Å². The van der Waals surface area contributed by atoms with Crippen LogP contribution in [0.5, 0.6) is 0 Å². The maximum absolute atomic E-state index is 4.88. The first-order valence-corrected chi connectivity index (χ1v) is 12.0. The fourth-order valence-corrected chi connectivity index (χ4v) is 6.71. The van der Waals surface area contributed by atoms with Gasteiger partial charge in [0.2, 0.25) is 0 Å². The number of nitrogens with zero attached hydrogens (tertiary/aromatic N) is 3. The summed E-state index contributed by atoms with van der Waals surface area (Å²) in [7, 11) is 0. The summed E-state index contributed by atoms with van der Waals surface area (Å²) in [4.78, 5) is 9.68. The smallest absolute Gasteiger partial charge is 0.116 e. The van der Waals surface area contributed by atoms with E-state index in [1.54, 1.807) is 6.33 Å². The van der Waals surface area contributed by atoms with E-state index in [4.69, 9.17) is 9.97 Å². The van der Waals surface area contributed by atoms with Gasteiger partial charge in [-0.15, -0.1) is 0 Å². The van der Waals surface area contributed by atoms with Crippen molar-refractivity contribution in [2.45, 2.75) is 38.5 Å². The van der Waals surface area contributed by atoms with Crippen LogP contribution < -0.4 is 0 Å². The van der Waals surface area contributed by atoms with Crippen molar-refractivity contribution in [2.75, 3.05) is 0 Å². The molecule has 0 radical (unpaired) electrons. The quantitative estimate of drug-likeness (QED) is 0.198. The molecule has 1 fully saturated rings. The van der Waals surface area contributed by atoms with Gasteiger partial charge in [-0.2, -0.15) is 0 Å². The van der Waals surface area contributed by atoms with Gasteiger partial charge in [0.1, 0.15) is 6.33 Å². The Balaban J connectivity index is 1.75. The summed E-state index contributed by atoms with van der Waals surface area (Å²) in [5, 5.41) is 7.75. The first-order valence-electron chi connectivity index (χ1n) is 12.0. The second kappa shape index (κ2) is 6.20. The summed E-state index contributed by atoms with van der Waals surface area (Å²) in [6, 6.07) is 22.4. The van der Waals surface area contributed by atoms with E-state index < -0.39 is 0 Å². The maximum atomic E-state index is 4.88. The standard InChI is InChI=1S/C30H23N3/c1-17-20-11-5-4-10-19(20)14-23-28-27-24(31-16-32-28)15-22(18-8-2-3-9-18)26-21-12-6-7-13-25(21)33(29(17)23)30(26)27/h4-7,10-16,18H,2-3,8-9H2,1H3. The average molecular weight is 426 g/mol. The highest BCUT2D eigenvalue weighted by Crippen LogP contribution is 2.47. The number of pyridine rings is 1. The van der Waals surface area contributed by atoms with E-state index in [9.17, 15) is 0 Å². The Hall–Kier alpha value is -3.72. The largest absolute Gasteiger partial charge is 0.307 e. The molecule has 0 bridgehead atoms. The molecule has 0 atom stereocenters. The normalized spacial score (nSPS) is 15.4. The summed E-state index contributed by atoms with van der Waals surface area (Å²) >= 11 is 0. The highest BCUT2D eigenvalue weighted by molar-refractivity contribution is 6.29. The molecule has 0 spiro atoms. The second-order valence-corrected chi connectivity index (χ2v) is 9.76. The number of aromatic nitrogens is 3. The lowest BCUT2D eigenvalue weighted by Gasteiger charge is -2.18. The number of hydrogen-bond acceptors (Lipinski definition) is 2. The number of hydrogen-bond donors (Lipinski definition) is 0. The Morgan fingerprint density at radius 2 is 1.58 bits per heavy atom. The van der Waals surface area contributed by atoms with Gasteiger partial charge < -0.3 is 4.40 Å². The third kappa shape index (κ3) is 2.15. The van der Waals surface area contributed by atoms with Gasteiger partial charge in [0.05, 0.1) is 33.0 Å². The first kappa shape index (κ1) is 17.8. The number of benzene rings is 4. The van der Waals surface area contributed by atoms with Crippen molar-refractivity contribution >= 4 is 59.9 Å². The summed E-state index contributed by atoms with van der Waals surface area (Å²) in [6.45, 7) is 2.27. The molecule has 0 unspecified atom stereocenters. The third-order valence-electron chi connectivity index (χ3n) is 8.12. The fraction of sp³-hybridized carbons (Fsp3) is 0.200. The van der Waals surface area contributed by atoms with Crippen LogP contribution in [0.15, 0.2) is 67.0 Å². The zero-order valence-corrected chi connectivity index (χ0v) is 18.6. The van der Waals surface area contributed by atoms with E-state index in [-0.39, 0.29) is 0 Å². The lowest BCUT2D eigenvalue weighted by atomic mass is 9.90. The minimum absolute atomic E-state index is 0.617. The number of rotatable bonds is 1. The molecule has 0 aliphatic heterocycles. The predicted octanol–water partition coefficient (Wildman–Crippen LogP) is 7.90. The second-order valence-electron chi connectivity index (χ2n) is 9.76. The minimum atomic E-state index is 0.617. The molecule has 1 aliphatic carbocycles. The van der Waals surface area contributed by atoms with Gasteiger partial charge in [-0.1, -0.05) is 55.3 Å². The Kier molecular flexibility index (Phi) is 3.34. The van der Waals surface area contributed by atoms with Crippen LogP contribution in [0.2, 0.25) is 0 Å². The highest BCUT2D eigenvalue weighted by atomic mass is 14.9. The lowest BCUT2D eigenvalue weighted by Crippen LogP contribution is -2.00. The summed E-state index contributed by atoms with van der Waals surface area (Å²) < 4.78 is 2.53. The van der Waals surface area contributed by atoms with Crippen LogP contribution in [-0.4, -0.2) is 14.4 Å². The van der Waals surface area contributed by atoms with E-state index in [2.05, 4.69) is 72.0 Å². The Bertz CT molecular complexity index is 1890. The molecule has 3 heteroatoms. The van der Waals surface area contributed by atoms with Crippen LogP contribution in [0.1, 0.15) is 42.7 Å². The van der Waals surface area contributed by atoms with Gasteiger partial charge in [-0.05, 0) is 65.8 Å². The molecule has 4 aromatic carbocycles. The molecular formula is C30H23N3. The molecule has 7 aromatic rings. The van der Waals surface area contributed by atoms with Crippen molar-refractivity contribution in [3.63, 3.8) is 0 Å². The van der Waals surface area contributed by atoms with Crippen LogP contribution in [0.3, 0.4) is 0 Å². The first-order chi connectivity index (χ1) is 16.3. The molecule has 1 aliphatic rings. The minimum Gasteiger partial charge on any atom is -0.307 e. The lowest BCUT2D eigenvalue weighted by molar-refractivity contribution is 0.730. The highest BCUT2D eigenvalue weighted by Gasteiger charge is 2.27. The van der Waals surface area contributed by atoms with Gasteiger partial charge >= 0.3 is 0 Å². The van der Waals surface area contributed by atoms with E-state index in [1.165, 1.54) is 85.7 Å². The van der Waals surface area contributed by atoms with E-state index in [0.717, 1.165) is 11.0 Å². The molecule has 1 saturated carbocycles. The summed E-state index contributed by atoms with van der Waals surface area (Å²) in [5.41, 5.74) is 8.81. The molecule has 0 amide bonds. The zero-order chi connectivity index (χ0) is 21.7. The Labute approximate surface area is 191 Å². The number of aryl methyl sites for hydroxylation is 1. The van der Waals surface area contributed by atoms with Crippen molar-refractivity contribution in [1.29, 1.82) is 0 Å². The van der Waals surface area contributed by atoms with Crippen LogP contribution >= 0.6 is 0 Å². The average Bonchev–Trinajstić information content (AvgIpc) is 3.51. The molecular weight excluding hydrogens is 402 g/mol. The van der Waals surface area contributed by atoms with Gasteiger partial charge in [-0.25, -0.2) is 9.97 Å². The SMILES string of the molecule is Cc1c2ccccc2cc2c3ncnc4cc(C5CCCC5)c5c6ccccc6n(c12)c5c43. The molecule has 0 saturated heterocycles. The number of para-hydroxylation sites is 1. The Morgan fingerprint density at radius 1 is 0.788 bits per heavy atom. The van der Waals surface area contributed by atoms with Crippen molar-refractivity contribution in [3.05, 3.63) is 78.1 Å². The molecule has 158 valence electrons. The van der Waals surface area contributed by atoms with Crippen molar-refractivity contribution in [2.24, 2.45) is 0 Å². The van der Waals surface area contributed by atoms with E-state index in [1.807, 2.05) is 0 Å². The molecule has 3 aromatic heterocycles. The molecule has 8 rings (SSSR count). The van der Waals surface area contributed by atoms with Crippen LogP contribution in [-0.2, 0) is 0 Å². The predicted molar refractivity (Wildman–Crippen MR) is 138 cm³/mol. The zero-order valence-electron chi connectivity index (χ0n) is 18.6. The third-order valence-corrected chi connectivity index (χ3v) is 8.12. The van der Waals surface area contributed by atoms with Crippen molar-refractivity contribution in [1.82, 2.24) is 14.4 Å². The van der Waals surface area contributed by atoms with Crippen molar-refractivity contribution in [3.8, 4) is 0 Å². The maximum Gasteiger partial charge on any atom is 0.116 e. The molecule has 0 N–H and O–H groups in total. The topological polar surface area (TPSA) is 30.2 Å². The monoisotopic (exact) mass is 425 g/mol. The number of fused-ring (bicyclic) bond motifs is 7. The van der Waals surface area contributed by atoms with E-state index >= 15 is 0 Å². The van der Waals surface area contributed by atoms with Crippen LogP contribution in [0, 0.1) is 6.92 Å². The fourth-order valence-electron chi connectivity index (χ4n) is 6.71. The molecule has 3 heterocycles. The molecule has 33 heavy (non-hydrogen) atoms. The van der Waals surface area contributed by atoms with E-state index in [0.29, 0.717) is 5.92 Å². The van der Waals surface area contributed by atoms with Crippen LogP contribution in [0.25, 0.3) is 59.9 Å². The van der Waals surface area contributed by atoms with Crippen molar-refractivity contribution < 1.29 is 0 Å². The van der Waals surface area contributed by atoms with Gasteiger partial charge in [0.15, 0.2) is 0 Å². The summed E-state index contributed by atoms with van der Waals surface area (Å²) in [6.07, 6.45) is 6.96. The van der Waals surface area contributed by atoms with Gasteiger partial charge in [0.25, 0.3) is 0 Å². The summed E-state index contributed by atoms with van der Waals surface area (Å²) in [5.74, 6) is 0.617. The molecule has 3 nitrogen and oxygen atoms in total. The Morgan fingerprint density at radius 3 is 2.45 bits per heavy atom.